The summed E-state index contributed by atoms with van der Waals surface area (Å²) in [5.74, 6) is 0.138. The van der Waals surface area contributed by atoms with Crippen LogP contribution in [0.2, 0.25) is 5.02 Å². The van der Waals surface area contributed by atoms with Crippen molar-refractivity contribution in [2.45, 2.75) is 13.8 Å². The molecule has 1 aliphatic rings. The van der Waals surface area contributed by atoms with E-state index in [1.165, 1.54) is 0 Å². The highest BCUT2D eigenvalue weighted by Crippen LogP contribution is 2.34. The first kappa shape index (κ1) is 22.7. The average molecular weight is 461 g/mol. The van der Waals surface area contributed by atoms with Crippen LogP contribution in [-0.4, -0.2) is 41.7 Å². The minimum atomic E-state index is -0.525. The zero-order chi connectivity index (χ0) is 22.4. The van der Waals surface area contributed by atoms with Gasteiger partial charge in [0.2, 0.25) is 5.91 Å². The van der Waals surface area contributed by atoms with Crippen molar-refractivity contribution < 1.29 is 23.9 Å². The second kappa shape index (κ2) is 10.4. The fourth-order valence-corrected chi connectivity index (χ4v) is 3.88. The minimum Gasteiger partial charge on any atom is -0.490 e. The monoisotopic (exact) mass is 460 g/mol. The molecule has 1 fully saturated rings. The molecule has 0 aliphatic carbocycles. The van der Waals surface area contributed by atoms with Gasteiger partial charge in [0.15, 0.2) is 11.5 Å². The summed E-state index contributed by atoms with van der Waals surface area (Å²) in [6.45, 7) is 4.31. The van der Waals surface area contributed by atoms with Gasteiger partial charge in [0.1, 0.15) is 6.54 Å². The molecule has 0 unspecified atom stereocenters. The second-order valence-corrected chi connectivity index (χ2v) is 7.83. The molecule has 0 aromatic heterocycles. The number of rotatable bonds is 8. The molecule has 9 heteroatoms. The molecule has 0 radical (unpaired) electrons. The summed E-state index contributed by atoms with van der Waals surface area (Å²) >= 11 is 6.69. The lowest BCUT2D eigenvalue weighted by molar-refractivity contribution is -0.127. The minimum absolute atomic E-state index is 0.229. The van der Waals surface area contributed by atoms with Crippen LogP contribution in [0.4, 0.5) is 10.5 Å². The maximum atomic E-state index is 12.7. The summed E-state index contributed by atoms with van der Waals surface area (Å²) in [7, 11) is 0. The van der Waals surface area contributed by atoms with Gasteiger partial charge in [-0.2, -0.15) is 0 Å². The number of ether oxygens (including phenoxy) is 2. The quantitative estimate of drug-likeness (QED) is 0.569. The molecule has 0 spiro atoms. The lowest BCUT2D eigenvalue weighted by atomic mass is 10.2. The van der Waals surface area contributed by atoms with Crippen molar-refractivity contribution >= 4 is 52.2 Å². The molecule has 1 heterocycles. The maximum absolute atomic E-state index is 12.7. The third kappa shape index (κ3) is 5.80. The Morgan fingerprint density at radius 3 is 2.55 bits per heavy atom. The lowest BCUT2D eigenvalue weighted by Gasteiger charge is -2.12. The number of nitrogens with one attached hydrogen (secondary N) is 1. The predicted molar refractivity (Wildman–Crippen MR) is 122 cm³/mol. The Kier molecular flexibility index (Phi) is 7.59. The van der Waals surface area contributed by atoms with E-state index in [2.05, 4.69) is 5.32 Å². The van der Waals surface area contributed by atoms with Gasteiger partial charge < -0.3 is 14.8 Å². The molecule has 1 saturated heterocycles. The average Bonchev–Trinajstić information content (AvgIpc) is 2.97. The largest absolute Gasteiger partial charge is 0.490 e. The Labute approximate surface area is 189 Å². The molecule has 2 aromatic rings. The first-order valence-corrected chi connectivity index (χ1v) is 10.8. The Hall–Kier alpha value is -2.97. The number of carbonyl (C=O) groups excluding carboxylic acids is 3. The molecule has 2 aromatic carbocycles. The highest BCUT2D eigenvalue weighted by molar-refractivity contribution is 8.18. The summed E-state index contributed by atoms with van der Waals surface area (Å²) in [5, 5.41) is 2.59. The van der Waals surface area contributed by atoms with E-state index < -0.39 is 17.1 Å². The number of anilines is 1. The number of hydrogen-bond donors (Lipinski definition) is 1. The highest BCUT2D eigenvalue weighted by atomic mass is 35.5. The predicted octanol–water partition coefficient (Wildman–Crippen LogP) is 4.81. The van der Waals surface area contributed by atoms with E-state index in [1.54, 1.807) is 48.5 Å². The molecule has 3 rings (SSSR count). The summed E-state index contributed by atoms with van der Waals surface area (Å²) in [4.78, 5) is 38.5. The number of hydrogen-bond acceptors (Lipinski definition) is 6. The Morgan fingerprint density at radius 1 is 1.10 bits per heavy atom. The van der Waals surface area contributed by atoms with Gasteiger partial charge in [-0.1, -0.05) is 23.7 Å². The fourth-order valence-electron chi connectivity index (χ4n) is 2.86. The second-order valence-electron chi connectivity index (χ2n) is 6.40. The molecule has 3 amide bonds. The van der Waals surface area contributed by atoms with Crippen molar-refractivity contribution in [1.82, 2.24) is 4.90 Å². The van der Waals surface area contributed by atoms with Crippen molar-refractivity contribution in [2.75, 3.05) is 25.1 Å². The number of amides is 3. The number of imide groups is 1. The Bertz CT molecular complexity index is 1040. The van der Waals surface area contributed by atoms with Gasteiger partial charge in [-0.15, -0.1) is 0 Å². The van der Waals surface area contributed by atoms with Crippen molar-refractivity contribution in [3.63, 3.8) is 0 Å². The smallest absolute Gasteiger partial charge is 0.294 e. The maximum Gasteiger partial charge on any atom is 0.294 e. The lowest BCUT2D eigenvalue weighted by Crippen LogP contribution is -2.36. The number of nitrogens with zero attached hydrogens (tertiary/aromatic N) is 1. The van der Waals surface area contributed by atoms with E-state index in [0.29, 0.717) is 41.0 Å². The standard InChI is InChI=1S/C22H21ClN2O5S/c1-3-29-17-9-8-14(10-18(17)30-4-2)11-19-21(27)25(22(28)31-19)13-20(26)24-16-7-5-6-15(23)12-16/h5-12H,3-4,13H2,1-2H3,(H,24,26)/b19-11+. The van der Waals surface area contributed by atoms with Crippen LogP contribution in [0.5, 0.6) is 11.5 Å². The molecular formula is C22H21ClN2O5S. The Balaban J connectivity index is 1.72. The molecule has 1 N–H and O–H groups in total. The third-order valence-corrected chi connectivity index (χ3v) is 5.29. The number of carbonyl (C=O) groups is 3. The first-order valence-electron chi connectivity index (χ1n) is 9.61. The van der Waals surface area contributed by atoms with Crippen LogP contribution in [0.3, 0.4) is 0 Å². The SMILES string of the molecule is CCOc1ccc(/C=C2/SC(=O)N(CC(=O)Nc3cccc(Cl)c3)C2=O)cc1OCC. The Morgan fingerprint density at radius 2 is 1.84 bits per heavy atom. The van der Waals surface area contributed by atoms with Gasteiger partial charge in [0.25, 0.3) is 11.1 Å². The summed E-state index contributed by atoms with van der Waals surface area (Å²) < 4.78 is 11.1. The van der Waals surface area contributed by atoms with Crippen LogP contribution in [0.15, 0.2) is 47.4 Å². The van der Waals surface area contributed by atoms with Gasteiger partial charge in [0, 0.05) is 10.7 Å². The number of thioether (sulfide) groups is 1. The molecule has 0 saturated carbocycles. The van der Waals surface area contributed by atoms with Crippen LogP contribution < -0.4 is 14.8 Å². The molecular weight excluding hydrogens is 440 g/mol. The number of halogens is 1. The van der Waals surface area contributed by atoms with Gasteiger partial charge >= 0.3 is 0 Å². The molecule has 31 heavy (non-hydrogen) atoms. The van der Waals surface area contributed by atoms with E-state index >= 15 is 0 Å². The topological polar surface area (TPSA) is 84.9 Å². The summed E-state index contributed by atoms with van der Waals surface area (Å²) in [6.07, 6.45) is 1.60. The number of benzene rings is 2. The fraction of sp³-hybridized carbons (Fsp3) is 0.227. The van der Waals surface area contributed by atoms with Crippen molar-refractivity contribution in [2.24, 2.45) is 0 Å². The molecule has 0 bridgehead atoms. The van der Waals surface area contributed by atoms with Crippen LogP contribution in [0.1, 0.15) is 19.4 Å². The van der Waals surface area contributed by atoms with Crippen LogP contribution in [-0.2, 0) is 9.59 Å². The summed E-state index contributed by atoms with van der Waals surface area (Å²) in [6, 6.07) is 11.9. The van der Waals surface area contributed by atoms with E-state index in [1.807, 2.05) is 13.8 Å². The highest BCUT2D eigenvalue weighted by Gasteiger charge is 2.36. The van der Waals surface area contributed by atoms with Crippen LogP contribution in [0.25, 0.3) is 6.08 Å². The zero-order valence-corrected chi connectivity index (χ0v) is 18.6. The zero-order valence-electron chi connectivity index (χ0n) is 17.0. The molecule has 162 valence electrons. The van der Waals surface area contributed by atoms with Crippen molar-refractivity contribution in [3.8, 4) is 11.5 Å². The van der Waals surface area contributed by atoms with Crippen molar-refractivity contribution in [3.05, 3.63) is 58.0 Å². The van der Waals surface area contributed by atoms with Crippen molar-refractivity contribution in [1.29, 1.82) is 0 Å². The van der Waals surface area contributed by atoms with Gasteiger partial charge in [-0.3, -0.25) is 19.3 Å². The van der Waals surface area contributed by atoms with E-state index in [0.717, 1.165) is 16.7 Å². The molecule has 1 aliphatic heterocycles. The molecule has 0 atom stereocenters. The van der Waals surface area contributed by atoms with E-state index in [-0.39, 0.29) is 11.4 Å². The van der Waals surface area contributed by atoms with Gasteiger partial charge in [-0.25, -0.2) is 0 Å². The van der Waals surface area contributed by atoms with Gasteiger partial charge in [0.05, 0.1) is 18.1 Å². The summed E-state index contributed by atoms with van der Waals surface area (Å²) in [5.41, 5.74) is 1.17. The van der Waals surface area contributed by atoms with E-state index in [4.69, 9.17) is 21.1 Å². The third-order valence-electron chi connectivity index (χ3n) is 4.15. The van der Waals surface area contributed by atoms with Gasteiger partial charge in [-0.05, 0) is 67.6 Å². The molecule has 7 nitrogen and oxygen atoms in total. The van der Waals surface area contributed by atoms with Crippen LogP contribution in [0, 0.1) is 0 Å². The van der Waals surface area contributed by atoms with E-state index in [9.17, 15) is 14.4 Å². The first-order chi connectivity index (χ1) is 14.9. The van der Waals surface area contributed by atoms with Crippen LogP contribution >= 0.6 is 23.4 Å². The normalized spacial score (nSPS) is 14.8.